The minimum Gasteiger partial charge on any atom is -0.326 e. The zero-order valence-corrected chi connectivity index (χ0v) is 18.5. The molecule has 10 heteroatoms. The van der Waals surface area contributed by atoms with Crippen LogP contribution in [0.4, 0.5) is 18.9 Å². The Morgan fingerprint density at radius 3 is 2.39 bits per heavy atom. The van der Waals surface area contributed by atoms with E-state index in [1.165, 1.54) is 0 Å². The molecule has 2 aromatic carbocycles. The van der Waals surface area contributed by atoms with Gasteiger partial charge in [-0.2, -0.15) is 17.5 Å². The number of rotatable bonds is 4. The van der Waals surface area contributed by atoms with Crippen LogP contribution < -0.4 is 5.32 Å². The Kier molecular flexibility index (Phi) is 6.69. The van der Waals surface area contributed by atoms with E-state index in [1.54, 1.807) is 6.07 Å². The van der Waals surface area contributed by atoms with Crippen molar-refractivity contribution in [1.82, 2.24) is 4.31 Å². The standard InChI is InChI=1S/C21H22ClF3N2O3S/c1-13-4-3-5-19(14(13)2)26-20(28)15-8-10-27(11-9-15)31(29,30)16-6-7-18(22)17(12-16)21(23,24)25/h3-7,12,15H,8-11H2,1-2H3,(H,26,28). The molecular weight excluding hydrogens is 453 g/mol. The number of carbonyl (C=O) groups excluding carboxylic acids is 1. The van der Waals surface area contributed by atoms with Crippen molar-refractivity contribution in [2.24, 2.45) is 5.92 Å². The fourth-order valence-corrected chi connectivity index (χ4v) is 5.23. The number of nitrogens with one attached hydrogen (secondary N) is 1. The number of amides is 1. The van der Waals surface area contributed by atoms with Crippen LogP contribution in [0.25, 0.3) is 0 Å². The lowest BCUT2D eigenvalue weighted by Crippen LogP contribution is -2.41. The molecule has 0 aliphatic carbocycles. The molecule has 0 saturated carbocycles. The fourth-order valence-electron chi connectivity index (χ4n) is 3.51. The van der Waals surface area contributed by atoms with Crippen molar-refractivity contribution in [3.05, 3.63) is 58.1 Å². The first-order valence-corrected chi connectivity index (χ1v) is 11.5. The number of piperidine rings is 1. The number of anilines is 1. The summed E-state index contributed by atoms with van der Waals surface area (Å²) >= 11 is 5.59. The van der Waals surface area contributed by atoms with E-state index < -0.39 is 31.7 Å². The van der Waals surface area contributed by atoms with Crippen molar-refractivity contribution in [3.63, 3.8) is 0 Å². The van der Waals surface area contributed by atoms with Crippen molar-refractivity contribution >= 4 is 33.2 Å². The summed E-state index contributed by atoms with van der Waals surface area (Å²) in [5.74, 6) is -0.584. The number of aryl methyl sites for hydroxylation is 1. The minimum atomic E-state index is -4.76. The third-order valence-electron chi connectivity index (χ3n) is 5.57. The van der Waals surface area contributed by atoms with E-state index in [4.69, 9.17) is 11.6 Å². The van der Waals surface area contributed by atoms with Crippen molar-refractivity contribution in [2.75, 3.05) is 18.4 Å². The Labute approximate surface area is 184 Å². The van der Waals surface area contributed by atoms with E-state index in [0.717, 1.165) is 27.6 Å². The summed E-state index contributed by atoms with van der Waals surface area (Å²) in [5.41, 5.74) is 1.51. The second-order valence-corrected chi connectivity index (χ2v) is 9.90. The monoisotopic (exact) mass is 474 g/mol. The smallest absolute Gasteiger partial charge is 0.326 e. The molecule has 0 spiro atoms. The molecule has 1 N–H and O–H groups in total. The van der Waals surface area contributed by atoms with Gasteiger partial charge in [0.2, 0.25) is 15.9 Å². The van der Waals surface area contributed by atoms with Crippen LogP contribution in [-0.2, 0) is 21.0 Å². The van der Waals surface area contributed by atoms with E-state index in [9.17, 15) is 26.4 Å². The summed E-state index contributed by atoms with van der Waals surface area (Å²) in [7, 11) is -4.14. The molecule has 3 rings (SSSR count). The first-order valence-electron chi connectivity index (χ1n) is 9.65. The van der Waals surface area contributed by atoms with Gasteiger partial charge in [-0.15, -0.1) is 0 Å². The molecule has 168 valence electrons. The van der Waals surface area contributed by atoms with Gasteiger partial charge in [0.25, 0.3) is 0 Å². The second kappa shape index (κ2) is 8.80. The Morgan fingerprint density at radius 2 is 1.77 bits per heavy atom. The molecule has 0 atom stereocenters. The predicted molar refractivity (Wildman–Crippen MR) is 112 cm³/mol. The zero-order chi connectivity index (χ0) is 23.0. The maximum absolute atomic E-state index is 13.1. The third kappa shape index (κ3) is 5.05. The maximum atomic E-state index is 13.1. The van der Waals surface area contributed by atoms with Crippen molar-refractivity contribution in [1.29, 1.82) is 0 Å². The van der Waals surface area contributed by atoms with Gasteiger partial charge < -0.3 is 5.32 Å². The van der Waals surface area contributed by atoms with Crippen LogP contribution >= 0.6 is 11.6 Å². The molecule has 1 fully saturated rings. The van der Waals surface area contributed by atoms with E-state index in [1.807, 2.05) is 26.0 Å². The highest BCUT2D eigenvalue weighted by molar-refractivity contribution is 7.89. The molecule has 31 heavy (non-hydrogen) atoms. The van der Waals surface area contributed by atoms with Crippen LogP contribution in [-0.4, -0.2) is 31.7 Å². The molecule has 5 nitrogen and oxygen atoms in total. The van der Waals surface area contributed by atoms with Crippen LogP contribution in [0.15, 0.2) is 41.3 Å². The van der Waals surface area contributed by atoms with Gasteiger partial charge in [-0.05, 0) is 62.1 Å². The lowest BCUT2D eigenvalue weighted by Gasteiger charge is -2.31. The highest BCUT2D eigenvalue weighted by Gasteiger charge is 2.37. The summed E-state index contributed by atoms with van der Waals surface area (Å²) < 4.78 is 66.1. The van der Waals surface area contributed by atoms with Gasteiger partial charge in [0, 0.05) is 24.7 Å². The van der Waals surface area contributed by atoms with Crippen LogP contribution in [0.1, 0.15) is 29.5 Å². The summed E-state index contributed by atoms with van der Waals surface area (Å²) in [6.45, 7) is 3.92. The molecule has 2 aromatic rings. The summed E-state index contributed by atoms with van der Waals surface area (Å²) in [6.07, 6.45) is -4.22. The Balaban J connectivity index is 1.70. The largest absolute Gasteiger partial charge is 0.417 e. The average Bonchev–Trinajstić information content (AvgIpc) is 2.70. The zero-order valence-electron chi connectivity index (χ0n) is 17.0. The number of nitrogens with zero attached hydrogens (tertiary/aromatic N) is 1. The highest BCUT2D eigenvalue weighted by Crippen LogP contribution is 2.37. The minimum absolute atomic E-state index is 0.0389. The van der Waals surface area contributed by atoms with Gasteiger partial charge in [0.1, 0.15) is 0 Å². The highest BCUT2D eigenvalue weighted by atomic mass is 35.5. The Hall–Kier alpha value is -2.10. The number of carbonyl (C=O) groups is 1. The summed E-state index contributed by atoms with van der Waals surface area (Å²) in [5, 5.41) is 2.33. The van der Waals surface area contributed by atoms with Crippen LogP contribution in [0, 0.1) is 19.8 Å². The molecule has 1 heterocycles. The van der Waals surface area contributed by atoms with E-state index >= 15 is 0 Å². The van der Waals surface area contributed by atoms with E-state index in [2.05, 4.69) is 5.32 Å². The molecule has 1 aliphatic heterocycles. The number of benzene rings is 2. The molecule has 1 amide bonds. The van der Waals surface area contributed by atoms with Gasteiger partial charge in [-0.1, -0.05) is 23.7 Å². The van der Waals surface area contributed by atoms with Crippen molar-refractivity contribution in [3.8, 4) is 0 Å². The number of sulfonamides is 1. The number of hydrogen-bond acceptors (Lipinski definition) is 3. The molecular formula is C21H22ClF3N2O3S. The quantitative estimate of drug-likeness (QED) is 0.677. The van der Waals surface area contributed by atoms with Crippen molar-refractivity contribution < 1.29 is 26.4 Å². The van der Waals surface area contributed by atoms with Gasteiger partial charge >= 0.3 is 6.18 Å². The van der Waals surface area contributed by atoms with Gasteiger partial charge in [-0.3, -0.25) is 4.79 Å². The van der Waals surface area contributed by atoms with E-state index in [0.29, 0.717) is 11.8 Å². The summed E-state index contributed by atoms with van der Waals surface area (Å²) in [4.78, 5) is 12.2. The molecule has 0 bridgehead atoms. The Bertz CT molecular complexity index is 1100. The van der Waals surface area contributed by atoms with Crippen LogP contribution in [0.3, 0.4) is 0 Å². The SMILES string of the molecule is Cc1cccc(NC(=O)C2CCN(S(=O)(=O)c3ccc(Cl)c(C(F)(F)F)c3)CC2)c1C. The lowest BCUT2D eigenvalue weighted by atomic mass is 9.97. The predicted octanol–water partition coefficient (Wildman–Crippen LogP) is 5.02. The molecule has 0 radical (unpaired) electrons. The van der Waals surface area contributed by atoms with Gasteiger partial charge in [-0.25, -0.2) is 8.42 Å². The fraction of sp³-hybridized carbons (Fsp3) is 0.381. The first kappa shape index (κ1) is 23.6. The first-order chi connectivity index (χ1) is 14.4. The molecule has 1 aliphatic rings. The summed E-state index contributed by atoms with van der Waals surface area (Å²) in [6, 6.07) is 8.13. The van der Waals surface area contributed by atoms with Crippen molar-refractivity contribution in [2.45, 2.75) is 37.8 Å². The number of alkyl halides is 3. The number of halogens is 4. The third-order valence-corrected chi connectivity index (χ3v) is 7.79. The lowest BCUT2D eigenvalue weighted by molar-refractivity contribution is -0.137. The number of hydrogen-bond donors (Lipinski definition) is 1. The van der Waals surface area contributed by atoms with Gasteiger partial charge in [0.05, 0.1) is 15.5 Å². The van der Waals surface area contributed by atoms with Crippen LogP contribution in [0.2, 0.25) is 5.02 Å². The molecule has 0 unspecified atom stereocenters. The normalized spacial score (nSPS) is 16.3. The molecule has 0 aromatic heterocycles. The topological polar surface area (TPSA) is 66.5 Å². The maximum Gasteiger partial charge on any atom is 0.417 e. The van der Waals surface area contributed by atoms with Crippen LogP contribution in [0.5, 0.6) is 0 Å². The van der Waals surface area contributed by atoms with Gasteiger partial charge in [0.15, 0.2) is 0 Å². The second-order valence-electron chi connectivity index (χ2n) is 7.55. The molecule has 1 saturated heterocycles. The average molecular weight is 475 g/mol. The Morgan fingerprint density at radius 1 is 1.13 bits per heavy atom. The van der Waals surface area contributed by atoms with E-state index in [-0.39, 0.29) is 37.8 Å².